The van der Waals surface area contributed by atoms with E-state index < -0.39 is 0 Å². The van der Waals surface area contributed by atoms with Gasteiger partial charge in [0, 0.05) is 17.7 Å². The average Bonchev–Trinajstić information content (AvgIpc) is 1.85. The molecule has 1 nitrogen and oxygen atoms in total. The Kier molecular flexibility index (Phi) is 2.12. The maximum atomic E-state index is 5.76. The van der Waals surface area contributed by atoms with Crippen LogP contribution >= 0.6 is 39.5 Å². The zero-order valence-electron chi connectivity index (χ0n) is 4.27. The molecular weight excluding hydrogens is 209 g/mol. The smallest absolute Gasteiger partial charge is 0.131 e. The lowest BCUT2D eigenvalue weighted by molar-refractivity contribution is 0.788. The summed E-state index contributed by atoms with van der Waals surface area (Å²) >= 11 is 10.7. The molecule has 1 unspecified atom stereocenters. The predicted molar refractivity (Wildman–Crippen MR) is 42.0 cm³/mol. The number of rotatable bonds is 0. The molecule has 1 aliphatic heterocycles. The minimum Gasteiger partial charge on any atom is -0.324 e. The maximum absolute atomic E-state index is 5.76. The summed E-state index contributed by atoms with van der Waals surface area (Å²) in [5.41, 5.74) is 0. The molecular formula is C4H5BrClNS. The fraction of sp³-hybridized carbons (Fsp3) is 0.500. The summed E-state index contributed by atoms with van der Waals surface area (Å²) in [7, 11) is 1.97. The van der Waals surface area contributed by atoms with Crippen molar-refractivity contribution < 1.29 is 0 Å². The van der Waals surface area contributed by atoms with Crippen LogP contribution < -0.4 is 0 Å². The van der Waals surface area contributed by atoms with Gasteiger partial charge in [0.2, 0.25) is 0 Å². The second kappa shape index (κ2) is 2.50. The van der Waals surface area contributed by atoms with Gasteiger partial charge in [-0.25, -0.2) is 0 Å². The Hall–Kier alpha value is 0.660. The Morgan fingerprint density at radius 1 is 2.00 bits per heavy atom. The number of hydrogen-bond acceptors (Lipinski definition) is 2. The minimum atomic E-state index is 0.0833. The fourth-order valence-corrected chi connectivity index (χ4v) is 2.21. The third kappa shape index (κ3) is 1.33. The molecule has 0 saturated carbocycles. The fourth-order valence-electron chi connectivity index (χ4n) is 0.459. The first-order chi connectivity index (χ1) is 3.70. The van der Waals surface area contributed by atoms with Crippen LogP contribution in [-0.4, -0.2) is 16.1 Å². The van der Waals surface area contributed by atoms with Gasteiger partial charge in [-0.1, -0.05) is 15.9 Å². The van der Waals surface area contributed by atoms with Crippen LogP contribution in [0.5, 0.6) is 0 Å². The summed E-state index contributed by atoms with van der Waals surface area (Å²) in [6, 6.07) is 0. The van der Waals surface area contributed by atoms with Crippen molar-refractivity contribution in [3.8, 4) is 0 Å². The van der Waals surface area contributed by atoms with E-state index in [0.29, 0.717) is 0 Å². The Morgan fingerprint density at radius 3 is 2.75 bits per heavy atom. The molecule has 0 aromatic heterocycles. The summed E-state index contributed by atoms with van der Waals surface area (Å²) in [4.78, 5) is 0. The SMILES string of the molecule is CN1C=C(Br)C(Cl)S1. The van der Waals surface area contributed by atoms with E-state index in [9.17, 15) is 0 Å². The molecule has 0 N–H and O–H groups in total. The van der Waals surface area contributed by atoms with Gasteiger partial charge >= 0.3 is 0 Å². The first kappa shape index (κ1) is 6.78. The van der Waals surface area contributed by atoms with Crippen LogP contribution in [0.2, 0.25) is 0 Å². The summed E-state index contributed by atoms with van der Waals surface area (Å²) in [6.07, 6.45) is 1.96. The van der Waals surface area contributed by atoms with Crippen molar-refractivity contribution in [2.75, 3.05) is 7.05 Å². The molecule has 0 bridgehead atoms. The van der Waals surface area contributed by atoms with Crippen molar-refractivity contribution in [1.29, 1.82) is 0 Å². The third-order valence-corrected chi connectivity index (χ3v) is 3.36. The standard InChI is InChI=1S/C4H5BrClNS/c1-7-2-3(5)4(6)8-7/h2,4H,1H3. The molecule has 0 aromatic carbocycles. The van der Waals surface area contributed by atoms with Crippen LogP contribution in [0.15, 0.2) is 10.7 Å². The van der Waals surface area contributed by atoms with Crippen LogP contribution in [0.4, 0.5) is 0 Å². The lowest BCUT2D eigenvalue weighted by Gasteiger charge is -2.03. The molecule has 8 heavy (non-hydrogen) atoms. The third-order valence-electron chi connectivity index (χ3n) is 0.781. The van der Waals surface area contributed by atoms with Crippen molar-refractivity contribution in [2.45, 2.75) is 4.71 Å². The van der Waals surface area contributed by atoms with Gasteiger partial charge in [-0.05, 0) is 11.9 Å². The van der Waals surface area contributed by atoms with E-state index in [0.717, 1.165) is 4.48 Å². The molecule has 0 spiro atoms. The van der Waals surface area contributed by atoms with Gasteiger partial charge in [0.1, 0.15) is 4.71 Å². The van der Waals surface area contributed by atoms with E-state index >= 15 is 0 Å². The Morgan fingerprint density at radius 2 is 2.62 bits per heavy atom. The molecule has 1 rings (SSSR count). The van der Waals surface area contributed by atoms with Crippen LogP contribution in [0.3, 0.4) is 0 Å². The van der Waals surface area contributed by atoms with Gasteiger partial charge in [-0.3, -0.25) is 0 Å². The van der Waals surface area contributed by atoms with E-state index in [1.54, 1.807) is 11.9 Å². The van der Waals surface area contributed by atoms with E-state index in [2.05, 4.69) is 15.9 Å². The lowest BCUT2D eigenvalue weighted by atomic mass is 10.7. The van der Waals surface area contributed by atoms with E-state index in [-0.39, 0.29) is 4.71 Å². The number of halogens is 2. The van der Waals surface area contributed by atoms with Crippen molar-refractivity contribution >= 4 is 39.5 Å². The number of hydrogen-bond donors (Lipinski definition) is 0. The van der Waals surface area contributed by atoms with E-state index in [1.807, 2.05) is 17.6 Å². The summed E-state index contributed by atoms with van der Waals surface area (Å²) in [6.45, 7) is 0. The predicted octanol–water partition coefficient (Wildman–Crippen LogP) is 2.38. The molecule has 0 aromatic rings. The van der Waals surface area contributed by atoms with Gasteiger partial charge in [0.25, 0.3) is 0 Å². The Balaban J connectivity index is 2.59. The van der Waals surface area contributed by atoms with Crippen LogP contribution in [0.1, 0.15) is 0 Å². The number of nitrogens with zero attached hydrogens (tertiary/aromatic N) is 1. The molecule has 1 aliphatic rings. The van der Waals surface area contributed by atoms with Gasteiger partial charge < -0.3 is 4.31 Å². The molecule has 0 amide bonds. The van der Waals surface area contributed by atoms with Crippen LogP contribution in [-0.2, 0) is 0 Å². The molecule has 4 heteroatoms. The Labute approximate surface area is 66.3 Å². The minimum absolute atomic E-state index is 0.0833. The highest BCUT2D eigenvalue weighted by Crippen LogP contribution is 2.36. The molecule has 1 heterocycles. The average molecular weight is 215 g/mol. The highest BCUT2D eigenvalue weighted by Gasteiger charge is 2.17. The zero-order valence-corrected chi connectivity index (χ0v) is 7.42. The van der Waals surface area contributed by atoms with Gasteiger partial charge in [0.15, 0.2) is 0 Å². The second-order valence-electron chi connectivity index (χ2n) is 1.48. The summed E-state index contributed by atoms with van der Waals surface area (Å²) < 4.78 is 3.11. The highest BCUT2D eigenvalue weighted by atomic mass is 79.9. The Bertz CT molecular complexity index is 127. The van der Waals surface area contributed by atoms with Crippen LogP contribution in [0, 0.1) is 0 Å². The van der Waals surface area contributed by atoms with Gasteiger partial charge in [-0.2, -0.15) is 0 Å². The molecule has 1 atom stereocenters. The van der Waals surface area contributed by atoms with Crippen molar-refractivity contribution in [3.63, 3.8) is 0 Å². The quantitative estimate of drug-likeness (QED) is 0.450. The maximum Gasteiger partial charge on any atom is 0.131 e. The molecule has 0 fully saturated rings. The zero-order chi connectivity index (χ0) is 6.15. The second-order valence-corrected chi connectivity index (χ2v) is 4.35. The molecule has 0 saturated heterocycles. The first-order valence-corrected chi connectivity index (χ1v) is 4.17. The van der Waals surface area contributed by atoms with Crippen LogP contribution in [0.25, 0.3) is 0 Å². The molecule has 0 radical (unpaired) electrons. The van der Waals surface area contributed by atoms with Crippen molar-refractivity contribution in [2.24, 2.45) is 0 Å². The monoisotopic (exact) mass is 213 g/mol. The largest absolute Gasteiger partial charge is 0.324 e. The number of alkyl halides is 1. The molecule has 46 valence electrons. The van der Waals surface area contributed by atoms with E-state index in [1.165, 1.54) is 0 Å². The summed E-state index contributed by atoms with van der Waals surface area (Å²) in [5.74, 6) is 0. The highest BCUT2D eigenvalue weighted by molar-refractivity contribution is 9.12. The van der Waals surface area contributed by atoms with Crippen molar-refractivity contribution in [3.05, 3.63) is 10.7 Å². The van der Waals surface area contributed by atoms with Gasteiger partial charge in [0.05, 0.1) is 0 Å². The summed E-state index contributed by atoms with van der Waals surface area (Å²) in [5, 5.41) is 0. The first-order valence-electron chi connectivity index (χ1n) is 2.11. The topological polar surface area (TPSA) is 3.24 Å². The normalized spacial score (nSPS) is 28.6. The van der Waals surface area contributed by atoms with Crippen molar-refractivity contribution in [1.82, 2.24) is 4.31 Å². The lowest BCUT2D eigenvalue weighted by Crippen LogP contribution is -1.93. The molecule has 0 aliphatic carbocycles. The van der Waals surface area contributed by atoms with E-state index in [4.69, 9.17) is 11.6 Å². The van der Waals surface area contributed by atoms with Gasteiger partial charge in [-0.15, -0.1) is 11.6 Å².